The van der Waals surface area contributed by atoms with E-state index in [9.17, 15) is 4.39 Å². The molecule has 0 saturated carbocycles. The Balaban J connectivity index is 2.38. The summed E-state index contributed by atoms with van der Waals surface area (Å²) in [6.07, 6.45) is 0.524. The molecule has 0 aliphatic rings. The lowest BCUT2D eigenvalue weighted by atomic mass is 9.95. The molecule has 2 aromatic carbocycles. The summed E-state index contributed by atoms with van der Waals surface area (Å²) >= 11 is 9.66. The molecule has 0 heterocycles. The highest BCUT2D eigenvalue weighted by Crippen LogP contribution is 2.29. The third kappa shape index (κ3) is 4.06. The van der Waals surface area contributed by atoms with Gasteiger partial charge in [-0.2, -0.15) is 0 Å². The van der Waals surface area contributed by atoms with Gasteiger partial charge in [-0.05, 0) is 55.3 Å². The highest BCUT2D eigenvalue weighted by Gasteiger charge is 2.18. The summed E-state index contributed by atoms with van der Waals surface area (Å²) in [4.78, 5) is 0. The molecule has 1 unspecified atom stereocenters. The first kappa shape index (κ1) is 16.5. The van der Waals surface area contributed by atoms with Crippen LogP contribution in [0.1, 0.15) is 29.7 Å². The lowest BCUT2D eigenvalue weighted by Gasteiger charge is -2.21. The standard InChI is InChI=1S/C17H18BrClFN/c1-3-21-17(13-9-12(18)8-7-11(13)2)10-14-15(19)5-4-6-16(14)20/h4-9,17,21H,3,10H2,1-2H3. The van der Waals surface area contributed by atoms with Gasteiger partial charge in [0.25, 0.3) is 0 Å². The van der Waals surface area contributed by atoms with Crippen molar-refractivity contribution in [1.29, 1.82) is 0 Å². The lowest BCUT2D eigenvalue weighted by molar-refractivity contribution is 0.526. The molecule has 112 valence electrons. The van der Waals surface area contributed by atoms with Crippen LogP contribution in [0.3, 0.4) is 0 Å². The highest BCUT2D eigenvalue weighted by atomic mass is 79.9. The van der Waals surface area contributed by atoms with Crippen molar-refractivity contribution in [1.82, 2.24) is 5.32 Å². The van der Waals surface area contributed by atoms with Crippen molar-refractivity contribution < 1.29 is 4.39 Å². The fourth-order valence-electron chi connectivity index (χ4n) is 2.46. The Labute approximate surface area is 138 Å². The van der Waals surface area contributed by atoms with Gasteiger partial charge in [0.2, 0.25) is 0 Å². The molecule has 0 saturated heterocycles. The van der Waals surface area contributed by atoms with Crippen LogP contribution in [0.25, 0.3) is 0 Å². The van der Waals surface area contributed by atoms with Gasteiger partial charge in [-0.15, -0.1) is 0 Å². The first-order valence-corrected chi connectivity index (χ1v) is 8.12. The molecule has 0 radical (unpaired) electrons. The molecule has 1 atom stereocenters. The van der Waals surface area contributed by atoms with Crippen molar-refractivity contribution in [2.75, 3.05) is 6.54 Å². The Bertz CT molecular complexity index is 610. The molecule has 4 heteroatoms. The summed E-state index contributed by atoms with van der Waals surface area (Å²) in [6, 6.07) is 11.0. The number of likely N-dealkylation sites (N-methyl/N-ethyl adjacent to an activating group) is 1. The maximum absolute atomic E-state index is 14.0. The fraction of sp³-hybridized carbons (Fsp3) is 0.294. The summed E-state index contributed by atoms with van der Waals surface area (Å²) in [5.41, 5.74) is 2.90. The van der Waals surface area contributed by atoms with Crippen LogP contribution in [0.4, 0.5) is 4.39 Å². The van der Waals surface area contributed by atoms with E-state index in [1.165, 1.54) is 11.6 Å². The number of aryl methyl sites for hydroxylation is 1. The molecule has 2 rings (SSSR count). The minimum Gasteiger partial charge on any atom is -0.310 e. The molecule has 0 spiro atoms. The molecule has 0 aromatic heterocycles. The van der Waals surface area contributed by atoms with E-state index in [1.807, 2.05) is 13.0 Å². The molecule has 1 nitrogen and oxygen atoms in total. The van der Waals surface area contributed by atoms with Gasteiger partial charge >= 0.3 is 0 Å². The Morgan fingerprint density at radius 2 is 2.05 bits per heavy atom. The van der Waals surface area contributed by atoms with Crippen LogP contribution in [0.15, 0.2) is 40.9 Å². The van der Waals surface area contributed by atoms with Gasteiger partial charge in [0, 0.05) is 21.1 Å². The second-order valence-corrected chi connectivity index (χ2v) is 6.34. The van der Waals surface area contributed by atoms with Crippen LogP contribution in [-0.2, 0) is 6.42 Å². The van der Waals surface area contributed by atoms with Crippen molar-refractivity contribution in [2.24, 2.45) is 0 Å². The summed E-state index contributed by atoms with van der Waals surface area (Å²) in [7, 11) is 0. The summed E-state index contributed by atoms with van der Waals surface area (Å²) in [6.45, 7) is 4.92. The molecule has 0 amide bonds. The molecular formula is C17H18BrClFN. The lowest BCUT2D eigenvalue weighted by Crippen LogP contribution is -2.24. The van der Waals surface area contributed by atoms with Crippen LogP contribution >= 0.6 is 27.5 Å². The third-order valence-corrected chi connectivity index (χ3v) is 4.38. The Kier molecular flexibility index (Phi) is 5.80. The van der Waals surface area contributed by atoms with E-state index in [-0.39, 0.29) is 11.9 Å². The average Bonchev–Trinajstić information content (AvgIpc) is 2.44. The number of hydrogen-bond acceptors (Lipinski definition) is 1. The second-order valence-electron chi connectivity index (χ2n) is 5.02. The molecule has 0 bridgehead atoms. The van der Waals surface area contributed by atoms with Crippen LogP contribution in [0.5, 0.6) is 0 Å². The third-order valence-electron chi connectivity index (χ3n) is 3.54. The topological polar surface area (TPSA) is 12.0 Å². The first-order valence-electron chi connectivity index (χ1n) is 6.95. The van der Waals surface area contributed by atoms with Crippen molar-refractivity contribution >= 4 is 27.5 Å². The Morgan fingerprint density at radius 1 is 1.29 bits per heavy atom. The van der Waals surface area contributed by atoms with E-state index in [2.05, 4.69) is 40.3 Å². The summed E-state index contributed by atoms with van der Waals surface area (Å²) in [5, 5.41) is 3.90. The van der Waals surface area contributed by atoms with Gasteiger partial charge in [0.1, 0.15) is 5.82 Å². The molecule has 21 heavy (non-hydrogen) atoms. The van der Waals surface area contributed by atoms with Crippen LogP contribution in [0.2, 0.25) is 5.02 Å². The zero-order valence-electron chi connectivity index (χ0n) is 12.1. The maximum Gasteiger partial charge on any atom is 0.127 e. The smallest absolute Gasteiger partial charge is 0.127 e. The summed E-state index contributed by atoms with van der Waals surface area (Å²) < 4.78 is 15.0. The fourth-order valence-corrected chi connectivity index (χ4v) is 3.08. The number of hydrogen-bond donors (Lipinski definition) is 1. The highest BCUT2D eigenvalue weighted by molar-refractivity contribution is 9.10. The molecule has 1 N–H and O–H groups in total. The molecular weight excluding hydrogens is 353 g/mol. The van der Waals surface area contributed by atoms with Crippen molar-refractivity contribution in [3.63, 3.8) is 0 Å². The normalized spacial score (nSPS) is 12.4. The van der Waals surface area contributed by atoms with Crippen molar-refractivity contribution in [2.45, 2.75) is 26.3 Å². The van der Waals surface area contributed by atoms with Crippen LogP contribution in [-0.4, -0.2) is 6.54 Å². The van der Waals surface area contributed by atoms with Gasteiger partial charge in [-0.25, -0.2) is 4.39 Å². The molecule has 2 aromatic rings. The van der Waals surface area contributed by atoms with Crippen LogP contribution in [0, 0.1) is 12.7 Å². The minimum absolute atomic E-state index is 0.0295. The Morgan fingerprint density at radius 3 is 2.71 bits per heavy atom. The van der Waals surface area contributed by atoms with Crippen LogP contribution < -0.4 is 5.32 Å². The molecule has 0 aliphatic carbocycles. The first-order chi connectivity index (χ1) is 10.0. The minimum atomic E-state index is -0.252. The number of rotatable bonds is 5. The van der Waals surface area contributed by atoms with E-state index in [1.54, 1.807) is 12.1 Å². The predicted molar refractivity (Wildman–Crippen MR) is 90.4 cm³/mol. The number of benzene rings is 2. The maximum atomic E-state index is 14.0. The van der Waals surface area contributed by atoms with E-state index in [4.69, 9.17) is 11.6 Å². The monoisotopic (exact) mass is 369 g/mol. The van der Waals surface area contributed by atoms with E-state index in [0.717, 1.165) is 16.6 Å². The van der Waals surface area contributed by atoms with Gasteiger partial charge in [-0.1, -0.05) is 46.6 Å². The van der Waals surface area contributed by atoms with E-state index < -0.39 is 0 Å². The quantitative estimate of drug-likeness (QED) is 0.738. The largest absolute Gasteiger partial charge is 0.310 e. The Hall–Kier alpha value is -0.900. The van der Waals surface area contributed by atoms with E-state index in [0.29, 0.717) is 17.0 Å². The number of nitrogens with one attached hydrogen (secondary N) is 1. The van der Waals surface area contributed by atoms with Gasteiger partial charge in [-0.3, -0.25) is 0 Å². The molecule has 0 fully saturated rings. The predicted octanol–water partition coefficient (Wildman–Crippen LogP) is 5.44. The summed E-state index contributed by atoms with van der Waals surface area (Å²) in [5.74, 6) is -0.252. The second kappa shape index (κ2) is 7.39. The number of halogens is 3. The zero-order chi connectivity index (χ0) is 15.4. The van der Waals surface area contributed by atoms with Crippen molar-refractivity contribution in [3.05, 3.63) is 68.4 Å². The molecule has 0 aliphatic heterocycles. The zero-order valence-corrected chi connectivity index (χ0v) is 14.4. The average molecular weight is 371 g/mol. The van der Waals surface area contributed by atoms with E-state index >= 15 is 0 Å². The van der Waals surface area contributed by atoms with Gasteiger partial charge < -0.3 is 5.32 Å². The SMILES string of the molecule is CCNC(Cc1c(F)cccc1Cl)c1cc(Br)ccc1C. The van der Waals surface area contributed by atoms with Crippen molar-refractivity contribution in [3.8, 4) is 0 Å². The van der Waals surface area contributed by atoms with Gasteiger partial charge in [0.15, 0.2) is 0 Å². The van der Waals surface area contributed by atoms with Gasteiger partial charge in [0.05, 0.1) is 0 Å².